The van der Waals surface area contributed by atoms with Crippen LogP contribution in [0.3, 0.4) is 0 Å². The van der Waals surface area contributed by atoms with Gasteiger partial charge in [0.25, 0.3) is 0 Å². The van der Waals surface area contributed by atoms with Crippen LogP contribution in [-0.2, 0) is 0 Å². The molecule has 0 unspecified atom stereocenters. The Bertz CT molecular complexity index is 516. The van der Waals surface area contributed by atoms with Crippen molar-refractivity contribution in [1.82, 2.24) is 4.98 Å². The quantitative estimate of drug-likeness (QED) is 0.556. The number of ether oxygens (including phenoxy) is 1. The fourth-order valence-corrected chi connectivity index (χ4v) is 1.57. The van der Waals surface area contributed by atoms with E-state index in [0.717, 1.165) is 11.4 Å². The summed E-state index contributed by atoms with van der Waals surface area (Å²) < 4.78 is 5.54. The number of aromatic nitrogens is 1. The van der Waals surface area contributed by atoms with Gasteiger partial charge >= 0.3 is 0 Å². The van der Waals surface area contributed by atoms with E-state index in [-0.39, 0.29) is 0 Å². The number of para-hydroxylation sites is 2. The molecule has 5 heteroatoms. The van der Waals surface area contributed by atoms with Crippen LogP contribution in [0.4, 0.5) is 17.3 Å². The molecule has 0 aliphatic carbocycles. The van der Waals surface area contributed by atoms with Crippen molar-refractivity contribution in [1.29, 1.82) is 0 Å². The van der Waals surface area contributed by atoms with E-state index in [2.05, 4.69) is 15.7 Å². The van der Waals surface area contributed by atoms with Gasteiger partial charge in [0, 0.05) is 0 Å². The molecule has 5 nitrogen and oxygen atoms in total. The van der Waals surface area contributed by atoms with Gasteiger partial charge in [-0.15, -0.1) is 0 Å². The molecule has 2 rings (SSSR count). The Balaban J connectivity index is 2.22. The molecule has 1 aromatic heterocycles. The molecule has 1 heterocycles. The first-order chi connectivity index (χ1) is 8.83. The normalized spacial score (nSPS) is 9.89. The number of nitrogens with zero attached hydrogens (tertiary/aromatic N) is 1. The van der Waals surface area contributed by atoms with Crippen molar-refractivity contribution >= 4 is 17.3 Å². The number of hydrogen-bond donors (Lipinski definition) is 3. The highest BCUT2D eigenvalue weighted by Crippen LogP contribution is 2.26. The summed E-state index contributed by atoms with van der Waals surface area (Å²) in [5.74, 6) is 7.44. The number of nitrogens with two attached hydrogens (primary N) is 1. The van der Waals surface area contributed by atoms with Crippen LogP contribution in [0.15, 0.2) is 42.5 Å². The highest BCUT2D eigenvalue weighted by Gasteiger charge is 2.03. The summed E-state index contributed by atoms with van der Waals surface area (Å²) in [4.78, 5) is 4.28. The Morgan fingerprint density at radius 1 is 1.11 bits per heavy atom. The predicted octanol–water partition coefficient (Wildman–Crippen LogP) is 2.51. The number of rotatable bonds is 5. The van der Waals surface area contributed by atoms with Crippen molar-refractivity contribution in [3.8, 4) is 5.75 Å². The van der Waals surface area contributed by atoms with Gasteiger partial charge in [-0.1, -0.05) is 18.2 Å². The number of nitrogen functional groups attached to an aromatic ring is 1. The van der Waals surface area contributed by atoms with E-state index in [9.17, 15) is 0 Å². The second-order valence-corrected chi connectivity index (χ2v) is 3.61. The largest absolute Gasteiger partial charge is 0.492 e. The highest BCUT2D eigenvalue weighted by molar-refractivity contribution is 5.64. The molecule has 18 heavy (non-hydrogen) atoms. The van der Waals surface area contributed by atoms with Gasteiger partial charge in [-0.25, -0.2) is 10.8 Å². The molecular formula is C13H16N4O. The molecular weight excluding hydrogens is 228 g/mol. The molecule has 0 aliphatic heterocycles. The summed E-state index contributed by atoms with van der Waals surface area (Å²) in [6.07, 6.45) is 0. The number of hydrogen-bond acceptors (Lipinski definition) is 5. The standard InChI is InChI=1S/C13H16N4O/c1-2-18-11-7-4-3-6-10(11)15-12-8-5-9-13(16-12)17-14/h3-9H,2,14H2,1H3,(H2,15,16,17). The number of benzene rings is 1. The van der Waals surface area contributed by atoms with Crippen molar-refractivity contribution in [3.63, 3.8) is 0 Å². The van der Waals surface area contributed by atoms with Crippen LogP contribution in [0.25, 0.3) is 0 Å². The average molecular weight is 244 g/mol. The van der Waals surface area contributed by atoms with Crippen molar-refractivity contribution in [3.05, 3.63) is 42.5 Å². The van der Waals surface area contributed by atoms with Gasteiger partial charge in [0.1, 0.15) is 17.4 Å². The Hall–Kier alpha value is -2.27. The Morgan fingerprint density at radius 3 is 2.67 bits per heavy atom. The smallest absolute Gasteiger partial charge is 0.142 e. The molecule has 0 saturated heterocycles. The first-order valence-electron chi connectivity index (χ1n) is 5.76. The third-order valence-corrected chi connectivity index (χ3v) is 2.35. The lowest BCUT2D eigenvalue weighted by Crippen LogP contribution is -2.09. The van der Waals surface area contributed by atoms with Crippen LogP contribution in [0.1, 0.15) is 6.92 Å². The summed E-state index contributed by atoms with van der Waals surface area (Å²) in [5, 5.41) is 3.20. The third-order valence-electron chi connectivity index (χ3n) is 2.35. The highest BCUT2D eigenvalue weighted by atomic mass is 16.5. The number of pyridine rings is 1. The van der Waals surface area contributed by atoms with Crippen molar-refractivity contribution < 1.29 is 4.74 Å². The Morgan fingerprint density at radius 2 is 1.89 bits per heavy atom. The Kier molecular flexibility index (Phi) is 3.98. The predicted molar refractivity (Wildman–Crippen MR) is 72.9 cm³/mol. The maximum Gasteiger partial charge on any atom is 0.142 e. The van der Waals surface area contributed by atoms with Gasteiger partial charge in [0.05, 0.1) is 12.3 Å². The molecule has 0 spiro atoms. The van der Waals surface area contributed by atoms with Crippen LogP contribution in [0.2, 0.25) is 0 Å². The molecule has 0 fully saturated rings. The zero-order valence-corrected chi connectivity index (χ0v) is 10.2. The molecule has 0 amide bonds. The van der Waals surface area contributed by atoms with E-state index in [4.69, 9.17) is 10.6 Å². The van der Waals surface area contributed by atoms with Crippen LogP contribution >= 0.6 is 0 Å². The second kappa shape index (κ2) is 5.88. The van der Waals surface area contributed by atoms with Gasteiger partial charge in [0.15, 0.2) is 0 Å². The van der Waals surface area contributed by atoms with Gasteiger partial charge < -0.3 is 15.5 Å². The summed E-state index contributed by atoms with van der Waals surface area (Å²) in [6, 6.07) is 13.3. The molecule has 94 valence electrons. The molecule has 0 radical (unpaired) electrons. The maximum atomic E-state index is 5.54. The van der Waals surface area contributed by atoms with Gasteiger partial charge in [0.2, 0.25) is 0 Å². The van der Waals surface area contributed by atoms with Crippen LogP contribution in [0, 0.1) is 0 Å². The lowest BCUT2D eigenvalue weighted by molar-refractivity contribution is 0.342. The minimum Gasteiger partial charge on any atom is -0.492 e. The molecule has 0 bridgehead atoms. The lowest BCUT2D eigenvalue weighted by Gasteiger charge is -2.12. The SMILES string of the molecule is CCOc1ccccc1Nc1cccc(NN)n1. The molecule has 4 N–H and O–H groups in total. The summed E-state index contributed by atoms with van der Waals surface area (Å²) in [7, 11) is 0. The van der Waals surface area contributed by atoms with Gasteiger partial charge in [-0.3, -0.25) is 0 Å². The summed E-state index contributed by atoms with van der Waals surface area (Å²) >= 11 is 0. The minimum absolute atomic E-state index is 0.605. The van der Waals surface area contributed by atoms with Crippen LogP contribution < -0.4 is 21.3 Å². The van der Waals surface area contributed by atoms with E-state index in [0.29, 0.717) is 18.2 Å². The molecule has 0 aliphatic rings. The third kappa shape index (κ3) is 2.89. The lowest BCUT2D eigenvalue weighted by atomic mass is 10.3. The first kappa shape index (κ1) is 12.2. The zero-order chi connectivity index (χ0) is 12.8. The monoisotopic (exact) mass is 244 g/mol. The Labute approximate surface area is 106 Å². The number of anilines is 3. The summed E-state index contributed by atoms with van der Waals surface area (Å²) in [5.41, 5.74) is 3.39. The molecule has 1 aromatic carbocycles. The van der Waals surface area contributed by atoms with E-state index in [1.165, 1.54) is 0 Å². The van der Waals surface area contributed by atoms with Crippen molar-refractivity contribution in [2.24, 2.45) is 5.84 Å². The molecule has 2 aromatic rings. The van der Waals surface area contributed by atoms with Crippen LogP contribution in [-0.4, -0.2) is 11.6 Å². The van der Waals surface area contributed by atoms with E-state index in [1.54, 1.807) is 6.07 Å². The first-order valence-corrected chi connectivity index (χ1v) is 5.76. The number of nitrogens with one attached hydrogen (secondary N) is 2. The van der Waals surface area contributed by atoms with Gasteiger partial charge in [-0.05, 0) is 31.2 Å². The van der Waals surface area contributed by atoms with Gasteiger partial charge in [-0.2, -0.15) is 0 Å². The average Bonchev–Trinajstić information content (AvgIpc) is 2.41. The van der Waals surface area contributed by atoms with E-state index in [1.807, 2.05) is 43.3 Å². The van der Waals surface area contributed by atoms with E-state index >= 15 is 0 Å². The minimum atomic E-state index is 0.605. The van der Waals surface area contributed by atoms with Crippen molar-refractivity contribution in [2.75, 3.05) is 17.3 Å². The second-order valence-electron chi connectivity index (χ2n) is 3.61. The molecule has 0 atom stereocenters. The topological polar surface area (TPSA) is 72.2 Å². The van der Waals surface area contributed by atoms with Crippen LogP contribution in [0.5, 0.6) is 5.75 Å². The fraction of sp³-hybridized carbons (Fsp3) is 0.154. The fourth-order valence-electron chi connectivity index (χ4n) is 1.57. The maximum absolute atomic E-state index is 5.54. The number of hydrazine groups is 1. The molecule has 0 saturated carbocycles. The van der Waals surface area contributed by atoms with Crippen molar-refractivity contribution in [2.45, 2.75) is 6.92 Å². The summed E-state index contributed by atoms with van der Waals surface area (Å²) in [6.45, 7) is 2.57. The zero-order valence-electron chi connectivity index (χ0n) is 10.2. The van der Waals surface area contributed by atoms with E-state index < -0.39 is 0 Å².